The number of nitrogens with zero attached hydrogens (tertiary/aromatic N) is 2. The van der Waals surface area contributed by atoms with Crippen LogP contribution < -0.4 is 10.5 Å². The Morgan fingerprint density at radius 1 is 1.44 bits per heavy atom. The molecule has 0 saturated carbocycles. The van der Waals surface area contributed by atoms with E-state index >= 15 is 0 Å². The normalized spacial score (nSPS) is 10.2. The molecule has 1 amide bonds. The molecule has 1 heterocycles. The van der Waals surface area contributed by atoms with Crippen molar-refractivity contribution in [2.24, 2.45) is 5.73 Å². The summed E-state index contributed by atoms with van der Waals surface area (Å²) in [6, 6.07) is 5.86. The molecular formula is C11H9N3O4. The zero-order valence-electron chi connectivity index (χ0n) is 9.20. The highest BCUT2D eigenvalue weighted by Gasteiger charge is 2.15. The van der Waals surface area contributed by atoms with Crippen molar-refractivity contribution in [2.45, 2.75) is 0 Å². The molecule has 7 heteroatoms. The van der Waals surface area contributed by atoms with Crippen LogP contribution in [0.1, 0.15) is 0 Å². The minimum Gasteiger partial charge on any atom is -0.481 e. The zero-order chi connectivity index (χ0) is 13.1. The molecule has 2 aromatic rings. The maximum absolute atomic E-state index is 10.9. The van der Waals surface area contributed by atoms with Crippen molar-refractivity contribution in [3.63, 3.8) is 0 Å². The number of non-ortho nitro benzene ring substituents is 1. The van der Waals surface area contributed by atoms with Crippen LogP contribution in [-0.4, -0.2) is 22.4 Å². The van der Waals surface area contributed by atoms with Crippen molar-refractivity contribution in [3.05, 3.63) is 40.6 Å². The molecule has 0 bridgehead atoms. The predicted octanol–water partition coefficient (Wildman–Crippen LogP) is 1.01. The van der Waals surface area contributed by atoms with Crippen LogP contribution in [0, 0.1) is 10.1 Å². The number of aromatic nitrogens is 1. The van der Waals surface area contributed by atoms with E-state index in [1.165, 1.54) is 18.3 Å². The van der Waals surface area contributed by atoms with E-state index in [1.807, 2.05) is 0 Å². The van der Waals surface area contributed by atoms with Crippen molar-refractivity contribution in [3.8, 4) is 5.75 Å². The summed E-state index contributed by atoms with van der Waals surface area (Å²) < 4.78 is 5.16. The highest BCUT2D eigenvalue weighted by atomic mass is 16.6. The lowest BCUT2D eigenvalue weighted by atomic mass is 10.1. The second kappa shape index (κ2) is 4.66. The fourth-order valence-electron chi connectivity index (χ4n) is 1.56. The first-order valence-corrected chi connectivity index (χ1v) is 5.03. The van der Waals surface area contributed by atoms with E-state index in [0.29, 0.717) is 10.9 Å². The van der Waals surface area contributed by atoms with Crippen LogP contribution in [0.4, 0.5) is 5.69 Å². The zero-order valence-corrected chi connectivity index (χ0v) is 9.20. The molecule has 0 unspecified atom stereocenters. The Morgan fingerprint density at radius 3 is 2.89 bits per heavy atom. The number of hydrogen-bond acceptors (Lipinski definition) is 5. The maximum Gasteiger partial charge on any atom is 0.279 e. The molecule has 0 aliphatic rings. The van der Waals surface area contributed by atoms with Crippen molar-refractivity contribution in [2.75, 3.05) is 6.61 Å². The summed E-state index contributed by atoms with van der Waals surface area (Å²) in [5.41, 5.74) is 5.23. The largest absolute Gasteiger partial charge is 0.481 e. The number of nitro groups is 1. The van der Waals surface area contributed by atoms with Crippen LogP contribution in [0.3, 0.4) is 0 Å². The molecule has 0 spiro atoms. The number of primary amides is 1. The van der Waals surface area contributed by atoms with Crippen molar-refractivity contribution < 1.29 is 14.5 Å². The highest BCUT2D eigenvalue weighted by Crippen LogP contribution is 2.30. The van der Waals surface area contributed by atoms with E-state index in [1.54, 1.807) is 12.1 Å². The first-order chi connectivity index (χ1) is 8.59. The number of rotatable bonds is 4. The average molecular weight is 247 g/mol. The van der Waals surface area contributed by atoms with E-state index in [-0.39, 0.29) is 18.0 Å². The fraction of sp³-hybridized carbons (Fsp3) is 0.0909. The van der Waals surface area contributed by atoms with Gasteiger partial charge >= 0.3 is 0 Å². The molecule has 0 aliphatic carbocycles. The predicted molar refractivity (Wildman–Crippen MR) is 63.1 cm³/mol. The summed E-state index contributed by atoms with van der Waals surface area (Å²) in [6.07, 6.45) is 1.49. The quantitative estimate of drug-likeness (QED) is 0.640. The number of benzene rings is 1. The molecule has 1 aromatic carbocycles. The summed E-state index contributed by atoms with van der Waals surface area (Å²) in [4.78, 5) is 25.0. The summed E-state index contributed by atoms with van der Waals surface area (Å²) >= 11 is 0. The highest BCUT2D eigenvalue weighted by molar-refractivity contribution is 5.92. The van der Waals surface area contributed by atoms with E-state index in [9.17, 15) is 14.9 Å². The number of nitro benzene ring substituents is 1. The monoisotopic (exact) mass is 247 g/mol. The number of carbonyl (C=O) groups excluding carboxylic acids is 1. The van der Waals surface area contributed by atoms with Gasteiger partial charge < -0.3 is 10.5 Å². The van der Waals surface area contributed by atoms with Gasteiger partial charge in [0, 0.05) is 12.3 Å². The third kappa shape index (κ3) is 2.19. The summed E-state index contributed by atoms with van der Waals surface area (Å²) in [5.74, 6) is -0.340. The lowest BCUT2D eigenvalue weighted by molar-refractivity contribution is -0.383. The first kappa shape index (κ1) is 11.8. The third-order valence-corrected chi connectivity index (χ3v) is 2.28. The van der Waals surface area contributed by atoms with Crippen molar-refractivity contribution >= 4 is 22.5 Å². The molecule has 18 heavy (non-hydrogen) atoms. The number of fused-ring (bicyclic) bond motifs is 1. The Morgan fingerprint density at radius 2 is 2.22 bits per heavy atom. The third-order valence-electron chi connectivity index (χ3n) is 2.28. The van der Waals surface area contributed by atoms with E-state index in [2.05, 4.69) is 4.98 Å². The molecule has 0 radical (unpaired) electrons. The summed E-state index contributed by atoms with van der Waals surface area (Å²) in [5, 5.41) is 11.2. The van der Waals surface area contributed by atoms with Gasteiger partial charge in [0.1, 0.15) is 11.3 Å². The van der Waals surface area contributed by atoms with E-state index in [4.69, 9.17) is 10.5 Å². The Labute approximate surface area is 101 Å². The SMILES string of the molecule is NC(=O)COc1ccc([N+](=O)[O-])c2cccnc12. The Balaban J connectivity index is 2.53. The van der Waals surface area contributed by atoms with Crippen LogP contribution in [-0.2, 0) is 4.79 Å². The van der Waals surface area contributed by atoms with Gasteiger partial charge in [-0.15, -0.1) is 0 Å². The molecule has 0 atom stereocenters. The molecule has 7 nitrogen and oxygen atoms in total. The second-order valence-corrected chi connectivity index (χ2v) is 3.49. The van der Waals surface area contributed by atoms with Gasteiger partial charge in [-0.05, 0) is 18.2 Å². The Kier molecular flexibility index (Phi) is 3.05. The van der Waals surface area contributed by atoms with Crippen LogP contribution in [0.5, 0.6) is 5.75 Å². The van der Waals surface area contributed by atoms with Gasteiger partial charge in [0.25, 0.3) is 11.6 Å². The Hall–Kier alpha value is -2.70. The topological polar surface area (TPSA) is 108 Å². The molecule has 92 valence electrons. The number of nitrogens with two attached hydrogens (primary N) is 1. The molecule has 0 fully saturated rings. The lowest BCUT2D eigenvalue weighted by Gasteiger charge is -2.06. The van der Waals surface area contributed by atoms with Crippen molar-refractivity contribution in [1.29, 1.82) is 0 Å². The van der Waals surface area contributed by atoms with Crippen LogP contribution in [0.2, 0.25) is 0 Å². The van der Waals surface area contributed by atoms with E-state index in [0.717, 1.165) is 0 Å². The van der Waals surface area contributed by atoms with Gasteiger partial charge in [0.05, 0.1) is 10.3 Å². The number of ether oxygens (including phenoxy) is 1. The number of carbonyl (C=O) groups is 1. The van der Waals surface area contributed by atoms with Crippen LogP contribution >= 0.6 is 0 Å². The van der Waals surface area contributed by atoms with Gasteiger partial charge in [-0.25, -0.2) is 0 Å². The molecule has 2 N–H and O–H groups in total. The van der Waals surface area contributed by atoms with Gasteiger partial charge in [0.2, 0.25) is 0 Å². The first-order valence-electron chi connectivity index (χ1n) is 5.03. The van der Waals surface area contributed by atoms with Crippen molar-refractivity contribution in [1.82, 2.24) is 4.98 Å². The minimum atomic E-state index is -0.627. The smallest absolute Gasteiger partial charge is 0.279 e. The molecule has 2 rings (SSSR count). The standard InChI is InChI=1S/C11H9N3O4/c12-10(15)6-18-9-4-3-8(14(16)17)7-2-1-5-13-11(7)9/h1-5H,6H2,(H2,12,15). The Bertz CT molecular complexity index is 627. The summed E-state index contributed by atoms with van der Waals surface area (Å²) in [6.45, 7) is -0.302. The van der Waals surface area contributed by atoms with Gasteiger partial charge in [-0.2, -0.15) is 0 Å². The van der Waals surface area contributed by atoms with Crippen LogP contribution in [0.15, 0.2) is 30.5 Å². The maximum atomic E-state index is 10.9. The average Bonchev–Trinajstić information content (AvgIpc) is 2.35. The second-order valence-electron chi connectivity index (χ2n) is 3.49. The molecule has 0 saturated heterocycles. The van der Waals surface area contributed by atoms with Crippen LogP contribution in [0.25, 0.3) is 10.9 Å². The van der Waals surface area contributed by atoms with Gasteiger partial charge in [0.15, 0.2) is 6.61 Å². The number of hydrogen-bond donors (Lipinski definition) is 1. The molecular weight excluding hydrogens is 238 g/mol. The fourth-order valence-corrected chi connectivity index (χ4v) is 1.56. The minimum absolute atomic E-state index is 0.0653. The number of amides is 1. The van der Waals surface area contributed by atoms with Gasteiger partial charge in [-0.1, -0.05) is 0 Å². The van der Waals surface area contributed by atoms with E-state index < -0.39 is 10.8 Å². The lowest BCUT2D eigenvalue weighted by Crippen LogP contribution is -2.20. The van der Waals surface area contributed by atoms with Gasteiger partial charge in [-0.3, -0.25) is 19.9 Å². The molecule has 1 aromatic heterocycles. The number of pyridine rings is 1. The summed E-state index contributed by atoms with van der Waals surface area (Å²) in [7, 11) is 0. The molecule has 0 aliphatic heterocycles.